The molecule has 2 atom stereocenters. The third kappa shape index (κ3) is 4.45. The highest BCUT2D eigenvalue weighted by atomic mass is 16.5. The Morgan fingerprint density at radius 3 is 2.20 bits per heavy atom. The molecule has 20 heavy (non-hydrogen) atoms. The molecule has 0 saturated carbocycles. The summed E-state index contributed by atoms with van der Waals surface area (Å²) < 4.78 is 4.78. The van der Waals surface area contributed by atoms with Gasteiger partial charge in [0.25, 0.3) is 0 Å². The number of hydrogen-bond donors (Lipinski definition) is 0. The first kappa shape index (κ1) is 16.9. The second-order valence-electron chi connectivity index (χ2n) is 5.67. The van der Waals surface area contributed by atoms with Gasteiger partial charge in [0.15, 0.2) is 0 Å². The van der Waals surface area contributed by atoms with Crippen LogP contribution in [0.25, 0.3) is 0 Å². The molecule has 0 spiro atoms. The minimum absolute atomic E-state index is 0.235. The number of ether oxygens (including phenoxy) is 1. The summed E-state index contributed by atoms with van der Waals surface area (Å²) >= 11 is 0. The molecule has 1 saturated heterocycles. The van der Waals surface area contributed by atoms with Crippen molar-refractivity contribution in [2.45, 2.75) is 32.9 Å². The molecule has 116 valence electrons. The van der Waals surface area contributed by atoms with Crippen LogP contribution >= 0.6 is 0 Å². The average Bonchev–Trinajstić information content (AvgIpc) is 2.36. The van der Waals surface area contributed by atoms with Gasteiger partial charge in [0.1, 0.15) is 0 Å². The minimum atomic E-state index is -0.742. The molecule has 0 bridgehead atoms. The molecule has 0 N–H and O–H groups in total. The smallest absolute Gasteiger partial charge is 0.397 e. The van der Waals surface area contributed by atoms with E-state index in [1.54, 1.807) is 11.8 Å². The largest absolute Gasteiger partial charge is 0.459 e. The third-order valence-electron chi connectivity index (χ3n) is 3.64. The molecule has 0 aliphatic carbocycles. The van der Waals surface area contributed by atoms with Gasteiger partial charge in [0.2, 0.25) is 0 Å². The SMILES string of the molecule is CCOC(=O)C(=O)N1CC(C)N(CCN(C)C)C(C)C1. The highest BCUT2D eigenvalue weighted by molar-refractivity contribution is 6.32. The van der Waals surface area contributed by atoms with E-state index in [1.807, 2.05) is 0 Å². The van der Waals surface area contributed by atoms with E-state index in [9.17, 15) is 9.59 Å². The lowest BCUT2D eigenvalue weighted by Gasteiger charge is -2.44. The van der Waals surface area contributed by atoms with Crippen LogP contribution in [0.2, 0.25) is 0 Å². The molecule has 0 aromatic carbocycles. The van der Waals surface area contributed by atoms with Crippen molar-refractivity contribution in [3.63, 3.8) is 0 Å². The number of hydrogen-bond acceptors (Lipinski definition) is 5. The summed E-state index contributed by atoms with van der Waals surface area (Å²) in [6.45, 7) is 9.24. The molecule has 1 fully saturated rings. The standard InChI is InChI=1S/C14H27N3O3/c1-6-20-14(19)13(18)16-9-11(2)17(12(3)10-16)8-7-15(4)5/h11-12H,6-10H2,1-5H3. The molecule has 1 aliphatic rings. The maximum absolute atomic E-state index is 12.0. The summed E-state index contributed by atoms with van der Waals surface area (Å²) in [6, 6.07) is 0.495. The number of likely N-dealkylation sites (N-methyl/N-ethyl adjacent to an activating group) is 1. The number of rotatable bonds is 4. The molecule has 1 amide bonds. The van der Waals surface area contributed by atoms with Crippen LogP contribution in [-0.4, -0.2) is 85.5 Å². The molecule has 1 rings (SSSR count). The fourth-order valence-corrected chi connectivity index (χ4v) is 2.60. The Morgan fingerprint density at radius 1 is 1.20 bits per heavy atom. The maximum atomic E-state index is 12.0. The van der Waals surface area contributed by atoms with Gasteiger partial charge >= 0.3 is 11.9 Å². The van der Waals surface area contributed by atoms with Crippen LogP contribution in [0.5, 0.6) is 0 Å². The average molecular weight is 285 g/mol. The maximum Gasteiger partial charge on any atom is 0.397 e. The van der Waals surface area contributed by atoms with Crippen molar-refractivity contribution in [1.29, 1.82) is 0 Å². The first-order valence-electron chi connectivity index (χ1n) is 7.23. The monoisotopic (exact) mass is 285 g/mol. The summed E-state index contributed by atoms with van der Waals surface area (Å²) in [5.74, 6) is -1.26. The van der Waals surface area contributed by atoms with Crippen molar-refractivity contribution in [2.75, 3.05) is 46.9 Å². The molecule has 0 aromatic rings. The van der Waals surface area contributed by atoms with E-state index in [1.165, 1.54) is 0 Å². The Kier molecular flexibility index (Phi) is 6.42. The molecular formula is C14H27N3O3. The number of carbonyl (C=O) groups is 2. The molecule has 1 aliphatic heterocycles. The van der Waals surface area contributed by atoms with Gasteiger partial charge in [-0.25, -0.2) is 4.79 Å². The van der Waals surface area contributed by atoms with Gasteiger partial charge in [-0.05, 0) is 34.9 Å². The number of carbonyl (C=O) groups excluding carboxylic acids is 2. The Hall–Kier alpha value is -1.14. The summed E-state index contributed by atoms with van der Waals surface area (Å²) in [7, 11) is 4.10. The van der Waals surface area contributed by atoms with Gasteiger partial charge in [-0.2, -0.15) is 0 Å². The Balaban J connectivity index is 2.58. The van der Waals surface area contributed by atoms with Gasteiger partial charge in [0.05, 0.1) is 6.61 Å². The summed E-state index contributed by atoms with van der Waals surface area (Å²) in [5.41, 5.74) is 0. The van der Waals surface area contributed by atoms with E-state index in [0.29, 0.717) is 13.1 Å². The molecule has 1 heterocycles. The molecule has 6 heteroatoms. The summed E-state index contributed by atoms with van der Waals surface area (Å²) in [4.78, 5) is 29.6. The van der Waals surface area contributed by atoms with Crippen LogP contribution in [0.4, 0.5) is 0 Å². The van der Waals surface area contributed by atoms with Crippen LogP contribution < -0.4 is 0 Å². The van der Waals surface area contributed by atoms with Crippen LogP contribution in [0.3, 0.4) is 0 Å². The summed E-state index contributed by atoms with van der Waals surface area (Å²) in [6.07, 6.45) is 0. The zero-order chi connectivity index (χ0) is 15.3. The van der Waals surface area contributed by atoms with E-state index in [0.717, 1.165) is 13.1 Å². The molecule has 0 aromatic heterocycles. The number of piperazine rings is 1. The van der Waals surface area contributed by atoms with Crippen LogP contribution in [0.1, 0.15) is 20.8 Å². The molecule has 6 nitrogen and oxygen atoms in total. The van der Waals surface area contributed by atoms with E-state index in [-0.39, 0.29) is 18.7 Å². The molecule has 2 unspecified atom stereocenters. The lowest BCUT2D eigenvalue weighted by Crippen LogP contribution is -2.60. The van der Waals surface area contributed by atoms with Crippen molar-refractivity contribution in [3.8, 4) is 0 Å². The first-order valence-corrected chi connectivity index (χ1v) is 7.23. The highest BCUT2D eigenvalue weighted by Gasteiger charge is 2.34. The van der Waals surface area contributed by atoms with E-state index in [2.05, 4.69) is 37.7 Å². The van der Waals surface area contributed by atoms with Gasteiger partial charge < -0.3 is 14.5 Å². The fourth-order valence-electron chi connectivity index (χ4n) is 2.60. The van der Waals surface area contributed by atoms with Crippen molar-refractivity contribution in [1.82, 2.24) is 14.7 Å². The first-order chi connectivity index (χ1) is 9.36. The molecule has 0 radical (unpaired) electrons. The van der Waals surface area contributed by atoms with E-state index in [4.69, 9.17) is 4.74 Å². The van der Waals surface area contributed by atoms with Crippen LogP contribution in [0, 0.1) is 0 Å². The van der Waals surface area contributed by atoms with Gasteiger partial charge in [-0.1, -0.05) is 0 Å². The second-order valence-corrected chi connectivity index (χ2v) is 5.67. The van der Waals surface area contributed by atoms with Crippen LogP contribution in [0.15, 0.2) is 0 Å². The lowest BCUT2D eigenvalue weighted by molar-refractivity contribution is -0.162. The van der Waals surface area contributed by atoms with Gasteiger partial charge in [-0.15, -0.1) is 0 Å². The van der Waals surface area contributed by atoms with Crippen molar-refractivity contribution in [3.05, 3.63) is 0 Å². The number of amides is 1. The van der Waals surface area contributed by atoms with Crippen LogP contribution in [-0.2, 0) is 14.3 Å². The molecular weight excluding hydrogens is 258 g/mol. The normalized spacial score (nSPS) is 24.0. The number of nitrogens with zero attached hydrogens (tertiary/aromatic N) is 3. The minimum Gasteiger partial charge on any atom is -0.459 e. The Labute approximate surface area is 121 Å². The highest BCUT2D eigenvalue weighted by Crippen LogP contribution is 2.15. The Morgan fingerprint density at radius 2 is 1.75 bits per heavy atom. The fraction of sp³-hybridized carbons (Fsp3) is 0.857. The van der Waals surface area contributed by atoms with Crippen molar-refractivity contribution in [2.24, 2.45) is 0 Å². The van der Waals surface area contributed by atoms with E-state index < -0.39 is 11.9 Å². The lowest BCUT2D eigenvalue weighted by atomic mass is 10.1. The summed E-state index contributed by atoms with van der Waals surface area (Å²) in [5, 5.41) is 0. The predicted molar refractivity (Wildman–Crippen MR) is 77.4 cm³/mol. The van der Waals surface area contributed by atoms with Gasteiger partial charge in [0, 0.05) is 38.3 Å². The van der Waals surface area contributed by atoms with Crippen molar-refractivity contribution >= 4 is 11.9 Å². The second kappa shape index (κ2) is 7.59. The third-order valence-corrected chi connectivity index (χ3v) is 3.64. The zero-order valence-corrected chi connectivity index (χ0v) is 13.3. The van der Waals surface area contributed by atoms with Gasteiger partial charge in [-0.3, -0.25) is 9.69 Å². The predicted octanol–water partition coefficient (Wildman–Crippen LogP) is 0.0323. The van der Waals surface area contributed by atoms with Crippen molar-refractivity contribution < 1.29 is 14.3 Å². The quantitative estimate of drug-likeness (QED) is 0.539. The zero-order valence-electron chi connectivity index (χ0n) is 13.3. The topological polar surface area (TPSA) is 53.1 Å². The number of esters is 1. The van der Waals surface area contributed by atoms with E-state index >= 15 is 0 Å². The Bertz CT molecular complexity index is 335.